The van der Waals surface area contributed by atoms with E-state index in [0.29, 0.717) is 12.5 Å². The average molecular weight is 249 g/mol. The number of hydrogen-bond acceptors (Lipinski definition) is 4. The fraction of sp³-hybridized carbons (Fsp3) is 0.750. The second-order valence-electron chi connectivity index (χ2n) is 5.40. The van der Waals surface area contributed by atoms with Crippen molar-refractivity contribution in [1.29, 1.82) is 0 Å². The summed E-state index contributed by atoms with van der Waals surface area (Å²) in [6.45, 7) is 6.21. The molecule has 0 saturated carbocycles. The number of aromatic nitrogens is 3. The van der Waals surface area contributed by atoms with Gasteiger partial charge < -0.3 is 14.8 Å². The number of amides is 1. The Labute approximate surface area is 106 Å². The van der Waals surface area contributed by atoms with Gasteiger partial charge >= 0.3 is 0 Å². The van der Waals surface area contributed by atoms with Gasteiger partial charge in [0, 0.05) is 19.6 Å². The van der Waals surface area contributed by atoms with E-state index in [9.17, 15) is 4.79 Å². The molecule has 1 saturated heterocycles. The zero-order chi connectivity index (χ0) is 12.5. The van der Waals surface area contributed by atoms with E-state index in [1.165, 1.54) is 0 Å². The van der Waals surface area contributed by atoms with Crippen molar-refractivity contribution in [2.45, 2.75) is 26.4 Å². The summed E-state index contributed by atoms with van der Waals surface area (Å²) in [5, 5.41) is 11.3. The van der Waals surface area contributed by atoms with Gasteiger partial charge in [-0.15, -0.1) is 10.2 Å². The molecular weight excluding hydrogens is 230 g/mol. The van der Waals surface area contributed by atoms with Crippen molar-refractivity contribution in [3.05, 3.63) is 12.2 Å². The molecular formula is C12H19N5O. The molecule has 0 spiro atoms. The number of piperidine rings is 1. The van der Waals surface area contributed by atoms with Crippen LogP contribution in [-0.4, -0.2) is 45.2 Å². The Kier molecular flexibility index (Phi) is 3.03. The molecule has 3 rings (SSSR count). The first-order chi connectivity index (χ1) is 8.74. The van der Waals surface area contributed by atoms with Gasteiger partial charge in [-0.3, -0.25) is 4.79 Å². The molecule has 0 aromatic carbocycles. The molecule has 6 heteroatoms. The van der Waals surface area contributed by atoms with Crippen LogP contribution in [0, 0.1) is 11.8 Å². The molecule has 1 aromatic heterocycles. The lowest BCUT2D eigenvalue weighted by Gasteiger charge is -2.33. The molecule has 1 N–H and O–H groups in total. The second-order valence-corrected chi connectivity index (χ2v) is 5.40. The summed E-state index contributed by atoms with van der Waals surface area (Å²) in [5.41, 5.74) is 0. The van der Waals surface area contributed by atoms with Gasteiger partial charge in [-0.25, -0.2) is 0 Å². The number of nitrogens with one attached hydrogen (secondary N) is 1. The number of rotatable bonds is 1. The van der Waals surface area contributed by atoms with Crippen molar-refractivity contribution in [2.75, 3.05) is 19.6 Å². The minimum absolute atomic E-state index is 0.128. The molecule has 1 amide bonds. The minimum atomic E-state index is 0.128. The fourth-order valence-corrected chi connectivity index (χ4v) is 2.86. The number of fused-ring (bicyclic) bond motifs is 1. The molecule has 1 fully saturated rings. The van der Waals surface area contributed by atoms with Crippen molar-refractivity contribution in [2.24, 2.45) is 11.8 Å². The Bertz CT molecular complexity index is 443. The van der Waals surface area contributed by atoms with Crippen LogP contribution in [0.3, 0.4) is 0 Å². The highest BCUT2D eigenvalue weighted by Gasteiger charge is 2.30. The molecule has 3 heterocycles. The molecule has 1 aromatic rings. The van der Waals surface area contributed by atoms with Crippen LogP contribution in [0.1, 0.15) is 19.2 Å². The predicted octanol–water partition coefficient (Wildman–Crippen LogP) is -0.134. The lowest BCUT2D eigenvalue weighted by atomic mass is 9.90. The molecule has 0 bridgehead atoms. The summed E-state index contributed by atoms with van der Waals surface area (Å²) >= 11 is 0. The van der Waals surface area contributed by atoms with Crippen LogP contribution in [-0.2, 0) is 17.9 Å². The highest BCUT2D eigenvalue weighted by molar-refractivity contribution is 5.79. The van der Waals surface area contributed by atoms with Crippen molar-refractivity contribution in [3.8, 4) is 0 Å². The van der Waals surface area contributed by atoms with Gasteiger partial charge in [0.1, 0.15) is 6.33 Å². The minimum Gasteiger partial charge on any atom is -0.333 e. The maximum Gasteiger partial charge on any atom is 0.227 e. The van der Waals surface area contributed by atoms with Crippen LogP contribution < -0.4 is 5.32 Å². The molecule has 98 valence electrons. The average Bonchev–Trinajstić information content (AvgIpc) is 2.85. The quantitative estimate of drug-likeness (QED) is 0.753. The van der Waals surface area contributed by atoms with Crippen molar-refractivity contribution < 1.29 is 4.79 Å². The molecule has 18 heavy (non-hydrogen) atoms. The Morgan fingerprint density at radius 3 is 3.17 bits per heavy atom. The number of nitrogens with zero attached hydrogens (tertiary/aromatic N) is 4. The van der Waals surface area contributed by atoms with Crippen molar-refractivity contribution in [3.63, 3.8) is 0 Å². The topological polar surface area (TPSA) is 63.1 Å². The number of carbonyl (C=O) groups is 1. The van der Waals surface area contributed by atoms with Crippen LogP contribution in [0.25, 0.3) is 0 Å². The first-order valence-corrected chi connectivity index (χ1v) is 6.60. The lowest BCUT2D eigenvalue weighted by Crippen LogP contribution is -2.47. The third kappa shape index (κ3) is 2.12. The molecule has 0 radical (unpaired) electrons. The molecule has 0 aliphatic carbocycles. The van der Waals surface area contributed by atoms with Gasteiger partial charge in [-0.2, -0.15) is 0 Å². The van der Waals surface area contributed by atoms with E-state index in [1.807, 2.05) is 9.47 Å². The van der Waals surface area contributed by atoms with Gasteiger partial charge in [0.15, 0.2) is 5.82 Å². The maximum absolute atomic E-state index is 12.5. The highest BCUT2D eigenvalue weighted by Crippen LogP contribution is 2.20. The van der Waals surface area contributed by atoms with Crippen LogP contribution in [0.5, 0.6) is 0 Å². The Morgan fingerprint density at radius 2 is 2.33 bits per heavy atom. The number of hydrogen-bond donors (Lipinski definition) is 1. The van der Waals surface area contributed by atoms with Gasteiger partial charge in [0.05, 0.1) is 12.5 Å². The smallest absolute Gasteiger partial charge is 0.227 e. The Hall–Kier alpha value is -1.43. The monoisotopic (exact) mass is 249 g/mol. The summed E-state index contributed by atoms with van der Waals surface area (Å²) in [6.07, 6.45) is 2.73. The van der Waals surface area contributed by atoms with Crippen LogP contribution >= 0.6 is 0 Å². The summed E-state index contributed by atoms with van der Waals surface area (Å²) in [6, 6.07) is 0. The molecule has 2 aliphatic rings. The Morgan fingerprint density at radius 1 is 1.44 bits per heavy atom. The fourth-order valence-electron chi connectivity index (χ4n) is 2.86. The number of carbonyl (C=O) groups excluding carboxylic acids is 1. The third-order valence-corrected chi connectivity index (χ3v) is 3.87. The predicted molar refractivity (Wildman–Crippen MR) is 65.6 cm³/mol. The summed E-state index contributed by atoms with van der Waals surface area (Å²) < 4.78 is 2.02. The van der Waals surface area contributed by atoms with E-state index in [1.54, 1.807) is 6.33 Å². The largest absolute Gasteiger partial charge is 0.333 e. The third-order valence-electron chi connectivity index (χ3n) is 3.87. The van der Waals surface area contributed by atoms with Crippen molar-refractivity contribution >= 4 is 5.91 Å². The lowest BCUT2D eigenvalue weighted by molar-refractivity contribution is -0.138. The van der Waals surface area contributed by atoms with E-state index in [0.717, 1.165) is 38.4 Å². The maximum atomic E-state index is 12.5. The van der Waals surface area contributed by atoms with Crippen molar-refractivity contribution in [1.82, 2.24) is 25.0 Å². The van der Waals surface area contributed by atoms with Gasteiger partial charge in [0.2, 0.25) is 5.91 Å². The standard InChI is InChI=1S/C12H19N5O/c1-9-4-10(6-13-5-9)12(18)16-2-3-17-8-14-15-11(17)7-16/h8-10,13H,2-7H2,1H3. The van der Waals surface area contributed by atoms with E-state index < -0.39 is 0 Å². The van der Waals surface area contributed by atoms with E-state index in [4.69, 9.17) is 0 Å². The highest BCUT2D eigenvalue weighted by atomic mass is 16.2. The van der Waals surface area contributed by atoms with Gasteiger partial charge in [-0.1, -0.05) is 6.92 Å². The van der Waals surface area contributed by atoms with Gasteiger partial charge in [0.25, 0.3) is 0 Å². The zero-order valence-corrected chi connectivity index (χ0v) is 10.7. The first kappa shape index (κ1) is 11.6. The van der Waals surface area contributed by atoms with E-state index >= 15 is 0 Å². The van der Waals surface area contributed by atoms with E-state index in [-0.39, 0.29) is 11.8 Å². The molecule has 2 aliphatic heterocycles. The van der Waals surface area contributed by atoms with E-state index in [2.05, 4.69) is 22.4 Å². The SMILES string of the molecule is CC1CNCC(C(=O)N2CCn3cnnc3C2)C1. The molecule has 2 atom stereocenters. The van der Waals surface area contributed by atoms with Crippen LogP contribution in [0.2, 0.25) is 0 Å². The molecule has 6 nitrogen and oxygen atoms in total. The Balaban J connectivity index is 1.67. The van der Waals surface area contributed by atoms with Gasteiger partial charge in [-0.05, 0) is 18.9 Å². The second kappa shape index (κ2) is 4.68. The van der Waals surface area contributed by atoms with Crippen LogP contribution in [0.15, 0.2) is 6.33 Å². The zero-order valence-electron chi connectivity index (χ0n) is 10.7. The summed E-state index contributed by atoms with van der Waals surface area (Å²) in [4.78, 5) is 14.4. The van der Waals surface area contributed by atoms with Crippen LogP contribution in [0.4, 0.5) is 0 Å². The summed E-state index contributed by atoms with van der Waals surface area (Å²) in [5.74, 6) is 1.87. The normalized spacial score (nSPS) is 27.9. The molecule has 2 unspecified atom stereocenters. The summed E-state index contributed by atoms with van der Waals surface area (Å²) in [7, 11) is 0. The first-order valence-electron chi connectivity index (χ1n) is 6.60.